The van der Waals surface area contributed by atoms with Gasteiger partial charge in [0.1, 0.15) is 0 Å². The van der Waals surface area contributed by atoms with Gasteiger partial charge in [-0.15, -0.1) is 0 Å². The summed E-state index contributed by atoms with van der Waals surface area (Å²) < 4.78 is 5.35. The molecule has 0 rings (SSSR count). The van der Waals surface area contributed by atoms with E-state index in [4.69, 9.17) is 4.74 Å². The monoisotopic (exact) mass is 480 g/mol. The zero-order valence-electron chi connectivity index (χ0n) is 23.8. The highest BCUT2D eigenvalue weighted by molar-refractivity contribution is 5.69. The van der Waals surface area contributed by atoms with Crippen LogP contribution in [0.5, 0.6) is 0 Å². The molecule has 0 heterocycles. The summed E-state index contributed by atoms with van der Waals surface area (Å²) >= 11 is 0. The normalized spacial score (nSPS) is 11.2. The van der Waals surface area contributed by atoms with Crippen molar-refractivity contribution in [1.82, 2.24) is 0 Å². The first-order valence-electron chi connectivity index (χ1n) is 16.0. The van der Waals surface area contributed by atoms with Crippen molar-refractivity contribution >= 4 is 5.97 Å². The van der Waals surface area contributed by atoms with E-state index in [1.165, 1.54) is 161 Å². The number of unbranched alkanes of at least 4 members (excludes halogenated alkanes) is 25. The number of carbonyl (C=O) groups excluding carboxylic acids is 1. The van der Waals surface area contributed by atoms with Crippen LogP contribution >= 0.6 is 0 Å². The molecule has 0 unspecified atom stereocenters. The van der Waals surface area contributed by atoms with Gasteiger partial charge < -0.3 is 4.74 Å². The molecule has 0 spiro atoms. The van der Waals surface area contributed by atoms with Crippen molar-refractivity contribution in [3.8, 4) is 0 Å². The third kappa shape index (κ3) is 29.5. The van der Waals surface area contributed by atoms with Crippen molar-refractivity contribution in [3.05, 3.63) is 0 Å². The van der Waals surface area contributed by atoms with Gasteiger partial charge in [-0.05, 0) is 12.8 Å². The van der Waals surface area contributed by atoms with E-state index in [2.05, 4.69) is 13.8 Å². The second kappa shape index (κ2) is 30.5. The minimum Gasteiger partial charge on any atom is -0.466 e. The highest BCUT2D eigenvalue weighted by Gasteiger charge is 2.02. The van der Waals surface area contributed by atoms with Crippen molar-refractivity contribution in [2.45, 2.75) is 194 Å². The van der Waals surface area contributed by atoms with Crippen molar-refractivity contribution < 1.29 is 9.53 Å². The Labute approximate surface area is 215 Å². The minimum absolute atomic E-state index is 0.0198. The summed E-state index contributed by atoms with van der Waals surface area (Å²) in [5.74, 6) is 0.0198. The molecule has 0 aliphatic carbocycles. The summed E-state index contributed by atoms with van der Waals surface area (Å²) in [5, 5.41) is 0. The molecule has 0 aliphatic rings. The van der Waals surface area contributed by atoms with Crippen LogP contribution in [0.1, 0.15) is 194 Å². The highest BCUT2D eigenvalue weighted by Crippen LogP contribution is 2.15. The molecular weight excluding hydrogens is 416 g/mol. The Kier molecular flexibility index (Phi) is 30.0. The van der Waals surface area contributed by atoms with Crippen LogP contribution in [0.2, 0.25) is 0 Å². The van der Waals surface area contributed by atoms with E-state index in [1.54, 1.807) is 0 Å². The zero-order chi connectivity index (χ0) is 24.8. The van der Waals surface area contributed by atoms with Gasteiger partial charge in [0, 0.05) is 6.42 Å². The zero-order valence-corrected chi connectivity index (χ0v) is 23.8. The van der Waals surface area contributed by atoms with E-state index in [0.29, 0.717) is 13.0 Å². The van der Waals surface area contributed by atoms with Gasteiger partial charge in [-0.25, -0.2) is 0 Å². The van der Waals surface area contributed by atoms with Crippen LogP contribution in [-0.4, -0.2) is 12.6 Å². The summed E-state index contributed by atoms with van der Waals surface area (Å²) in [6, 6.07) is 0. The molecule has 0 aromatic carbocycles. The smallest absolute Gasteiger partial charge is 0.305 e. The third-order valence-corrected chi connectivity index (χ3v) is 7.25. The SMILES string of the molecule is CCCCCCCCCCCCCCCCCCCCCCCC(=O)OCCCCCCCC. The Morgan fingerprint density at radius 2 is 0.647 bits per heavy atom. The first-order chi connectivity index (χ1) is 16.8. The maximum atomic E-state index is 11.8. The first-order valence-corrected chi connectivity index (χ1v) is 16.0. The van der Waals surface area contributed by atoms with E-state index >= 15 is 0 Å². The van der Waals surface area contributed by atoms with Crippen LogP contribution in [0.15, 0.2) is 0 Å². The standard InChI is InChI=1S/C32H64O2/c1-3-5-7-9-11-12-13-14-15-16-17-18-19-20-21-22-23-24-25-26-28-30-32(33)34-31-29-27-10-8-6-4-2/h3-31H2,1-2H3. The number of rotatable bonds is 29. The van der Waals surface area contributed by atoms with Gasteiger partial charge in [-0.3, -0.25) is 4.79 Å². The average molecular weight is 481 g/mol. The van der Waals surface area contributed by atoms with Crippen LogP contribution in [0, 0.1) is 0 Å². The molecule has 2 heteroatoms. The fourth-order valence-electron chi connectivity index (χ4n) is 4.84. The van der Waals surface area contributed by atoms with Crippen molar-refractivity contribution in [2.24, 2.45) is 0 Å². The number of ether oxygens (including phenoxy) is 1. The van der Waals surface area contributed by atoms with Gasteiger partial charge in [0.05, 0.1) is 6.61 Å². The largest absolute Gasteiger partial charge is 0.466 e. The Bertz CT molecular complexity index is 379. The number of esters is 1. The molecular formula is C32H64O2. The Balaban J connectivity index is 3.10. The first kappa shape index (κ1) is 33.5. The van der Waals surface area contributed by atoms with E-state index in [9.17, 15) is 4.79 Å². The fourth-order valence-corrected chi connectivity index (χ4v) is 4.84. The molecule has 0 saturated heterocycles. The van der Waals surface area contributed by atoms with Gasteiger partial charge >= 0.3 is 5.97 Å². The molecule has 0 amide bonds. The number of hydrogen-bond acceptors (Lipinski definition) is 2. The molecule has 0 aliphatic heterocycles. The molecule has 0 N–H and O–H groups in total. The molecule has 2 nitrogen and oxygen atoms in total. The molecule has 0 atom stereocenters. The second-order valence-electron chi connectivity index (χ2n) is 10.8. The van der Waals surface area contributed by atoms with Crippen LogP contribution in [0.3, 0.4) is 0 Å². The second-order valence-corrected chi connectivity index (χ2v) is 10.8. The molecule has 0 aromatic heterocycles. The quantitative estimate of drug-likeness (QED) is 0.0785. The molecule has 204 valence electrons. The lowest BCUT2D eigenvalue weighted by atomic mass is 10.0. The van der Waals surface area contributed by atoms with Crippen LogP contribution in [0.4, 0.5) is 0 Å². The molecule has 0 aromatic rings. The van der Waals surface area contributed by atoms with Gasteiger partial charge in [-0.2, -0.15) is 0 Å². The van der Waals surface area contributed by atoms with Crippen LogP contribution < -0.4 is 0 Å². The van der Waals surface area contributed by atoms with Gasteiger partial charge in [0.2, 0.25) is 0 Å². The Hall–Kier alpha value is -0.530. The van der Waals surface area contributed by atoms with Gasteiger partial charge in [-0.1, -0.05) is 174 Å². The summed E-state index contributed by atoms with van der Waals surface area (Å²) in [6.45, 7) is 5.16. The predicted octanol–water partition coefficient (Wildman–Crippen LogP) is 11.5. The van der Waals surface area contributed by atoms with E-state index in [-0.39, 0.29) is 5.97 Å². The van der Waals surface area contributed by atoms with Crippen molar-refractivity contribution in [1.29, 1.82) is 0 Å². The summed E-state index contributed by atoms with van der Waals surface area (Å²) in [7, 11) is 0. The number of carbonyl (C=O) groups is 1. The van der Waals surface area contributed by atoms with Crippen molar-refractivity contribution in [3.63, 3.8) is 0 Å². The van der Waals surface area contributed by atoms with Gasteiger partial charge in [0.15, 0.2) is 0 Å². The van der Waals surface area contributed by atoms with Crippen LogP contribution in [-0.2, 0) is 9.53 Å². The van der Waals surface area contributed by atoms with Crippen molar-refractivity contribution in [2.75, 3.05) is 6.61 Å². The topological polar surface area (TPSA) is 26.3 Å². The highest BCUT2D eigenvalue weighted by atomic mass is 16.5. The van der Waals surface area contributed by atoms with E-state index in [0.717, 1.165) is 12.8 Å². The van der Waals surface area contributed by atoms with Crippen LogP contribution in [0.25, 0.3) is 0 Å². The molecule has 34 heavy (non-hydrogen) atoms. The summed E-state index contributed by atoms with van der Waals surface area (Å²) in [5.41, 5.74) is 0. The molecule has 0 radical (unpaired) electrons. The van der Waals surface area contributed by atoms with Gasteiger partial charge in [0.25, 0.3) is 0 Å². The lowest BCUT2D eigenvalue weighted by Gasteiger charge is -2.05. The maximum absolute atomic E-state index is 11.8. The summed E-state index contributed by atoms with van der Waals surface area (Å²) in [6.07, 6.45) is 37.4. The molecule has 0 saturated carbocycles. The minimum atomic E-state index is 0.0198. The predicted molar refractivity (Wildman–Crippen MR) is 152 cm³/mol. The lowest BCUT2D eigenvalue weighted by Crippen LogP contribution is -2.05. The Morgan fingerprint density at radius 3 is 0.971 bits per heavy atom. The number of hydrogen-bond donors (Lipinski definition) is 0. The summed E-state index contributed by atoms with van der Waals surface area (Å²) in [4.78, 5) is 11.8. The average Bonchev–Trinajstić information content (AvgIpc) is 2.84. The fraction of sp³-hybridized carbons (Fsp3) is 0.969. The lowest BCUT2D eigenvalue weighted by molar-refractivity contribution is -0.143. The van der Waals surface area contributed by atoms with E-state index < -0.39 is 0 Å². The molecule has 0 fully saturated rings. The van der Waals surface area contributed by atoms with E-state index in [1.807, 2.05) is 0 Å². The Morgan fingerprint density at radius 1 is 0.382 bits per heavy atom. The maximum Gasteiger partial charge on any atom is 0.305 e. The molecule has 0 bridgehead atoms. The third-order valence-electron chi connectivity index (χ3n) is 7.25.